The maximum absolute atomic E-state index is 12.7. The van der Waals surface area contributed by atoms with Crippen molar-refractivity contribution in [2.24, 2.45) is 0 Å². The van der Waals surface area contributed by atoms with Crippen LogP contribution in [0.4, 0.5) is 5.69 Å². The number of carbonyl (C=O) groups excluding carboxylic acids is 3. The third kappa shape index (κ3) is 6.12. The fourth-order valence-corrected chi connectivity index (χ4v) is 3.61. The zero-order valence-electron chi connectivity index (χ0n) is 20.3. The van der Waals surface area contributed by atoms with E-state index in [1.54, 1.807) is 26.8 Å². The molecule has 0 spiro atoms. The van der Waals surface area contributed by atoms with Gasteiger partial charge in [-0.05, 0) is 58.7 Å². The number of carbonyl (C=O) groups is 3. The molecule has 33 heavy (non-hydrogen) atoms. The molecule has 0 aromatic heterocycles. The highest BCUT2D eigenvalue weighted by Gasteiger charge is 2.32. The molecule has 7 nitrogen and oxygen atoms in total. The molecule has 0 unspecified atom stereocenters. The van der Waals surface area contributed by atoms with Crippen LogP contribution in [0.25, 0.3) is 6.08 Å². The van der Waals surface area contributed by atoms with Crippen LogP contribution in [0.5, 0.6) is 0 Å². The van der Waals surface area contributed by atoms with Gasteiger partial charge in [0.2, 0.25) is 0 Å². The van der Waals surface area contributed by atoms with E-state index in [0.29, 0.717) is 34.7 Å². The first-order valence-corrected chi connectivity index (χ1v) is 11.2. The molecule has 0 amide bonds. The maximum Gasteiger partial charge on any atom is 0.336 e. The molecule has 0 atom stereocenters. The number of esters is 3. The summed E-state index contributed by atoms with van der Waals surface area (Å²) < 4.78 is 15.7. The van der Waals surface area contributed by atoms with Gasteiger partial charge in [-0.25, -0.2) is 14.4 Å². The predicted octanol–water partition coefficient (Wildman–Crippen LogP) is 4.93. The zero-order chi connectivity index (χ0) is 24.5. The third-order valence-corrected chi connectivity index (χ3v) is 5.25. The lowest BCUT2D eigenvalue weighted by atomic mass is 9.95. The first-order chi connectivity index (χ1) is 15.8. The molecule has 1 aliphatic heterocycles. The van der Waals surface area contributed by atoms with Gasteiger partial charge in [-0.2, -0.15) is 0 Å². The van der Waals surface area contributed by atoms with Crippen LogP contribution in [0.1, 0.15) is 59.9 Å². The van der Waals surface area contributed by atoms with Crippen LogP contribution in [0.2, 0.25) is 0 Å². The minimum atomic E-state index is -0.471. The molecule has 1 aromatic carbocycles. The second-order valence-electron chi connectivity index (χ2n) is 7.60. The number of benzene rings is 1. The fourth-order valence-electron chi connectivity index (χ4n) is 3.61. The second kappa shape index (κ2) is 12.0. The Kier molecular flexibility index (Phi) is 9.45. The Labute approximate surface area is 195 Å². The van der Waals surface area contributed by atoms with Crippen molar-refractivity contribution in [2.45, 2.75) is 54.4 Å². The van der Waals surface area contributed by atoms with Crippen LogP contribution in [-0.4, -0.2) is 37.7 Å². The lowest BCUT2D eigenvalue weighted by molar-refractivity contribution is -0.140. The summed E-state index contributed by atoms with van der Waals surface area (Å²) in [6.07, 6.45) is 2.62. The van der Waals surface area contributed by atoms with Gasteiger partial charge in [0, 0.05) is 23.4 Å². The minimum Gasteiger partial charge on any atom is -0.463 e. The number of ether oxygens (including phenoxy) is 3. The topological polar surface area (TPSA) is 82.1 Å². The van der Waals surface area contributed by atoms with Gasteiger partial charge < -0.3 is 19.1 Å². The summed E-state index contributed by atoms with van der Waals surface area (Å²) in [5, 5.41) is 0. The Bertz CT molecular complexity index is 962. The van der Waals surface area contributed by atoms with Crippen LogP contribution in [0.3, 0.4) is 0 Å². The molecule has 0 radical (unpaired) electrons. The highest BCUT2D eigenvalue weighted by Crippen LogP contribution is 2.38. The first-order valence-electron chi connectivity index (χ1n) is 11.2. The van der Waals surface area contributed by atoms with E-state index in [4.69, 9.17) is 14.2 Å². The van der Waals surface area contributed by atoms with Gasteiger partial charge in [-0.3, -0.25) is 0 Å². The number of nitrogens with zero attached hydrogens (tertiary/aromatic N) is 1. The molecule has 178 valence electrons. The average Bonchev–Trinajstić information content (AvgIpc) is 2.78. The standard InChI is InChI=1S/C26H33NO6/c1-7-14-33-24(28)17(4)15-20-12-10-11-13-23(20)27-18(5)21(25(29)31-8-2)16-22(19(27)6)26(30)32-9-3/h10-13,15H,7-9,14,16H2,1-6H3. The van der Waals surface area contributed by atoms with E-state index in [1.807, 2.05) is 49.9 Å². The molecule has 1 aliphatic rings. The zero-order valence-corrected chi connectivity index (χ0v) is 20.3. The quantitative estimate of drug-likeness (QED) is 0.297. The summed E-state index contributed by atoms with van der Waals surface area (Å²) >= 11 is 0. The monoisotopic (exact) mass is 455 g/mol. The summed E-state index contributed by atoms with van der Waals surface area (Å²) in [7, 11) is 0. The van der Waals surface area contributed by atoms with Gasteiger partial charge in [0.05, 0.1) is 36.7 Å². The number of allylic oxidation sites excluding steroid dienone is 2. The lowest BCUT2D eigenvalue weighted by Crippen LogP contribution is -2.31. The van der Waals surface area contributed by atoms with Crippen LogP contribution in [-0.2, 0) is 28.6 Å². The van der Waals surface area contributed by atoms with Gasteiger partial charge in [0.15, 0.2) is 0 Å². The second-order valence-corrected chi connectivity index (χ2v) is 7.60. The highest BCUT2D eigenvalue weighted by atomic mass is 16.5. The summed E-state index contributed by atoms with van der Waals surface area (Å²) in [5.41, 5.74) is 4.02. The van der Waals surface area contributed by atoms with E-state index in [0.717, 1.165) is 17.7 Å². The fraction of sp³-hybridized carbons (Fsp3) is 0.423. The molecular weight excluding hydrogens is 422 g/mol. The van der Waals surface area contributed by atoms with Crippen molar-refractivity contribution in [1.29, 1.82) is 0 Å². The Morgan fingerprint density at radius 3 is 1.97 bits per heavy atom. The average molecular weight is 456 g/mol. The van der Waals surface area contributed by atoms with Gasteiger partial charge in [-0.15, -0.1) is 0 Å². The summed E-state index contributed by atoms with van der Waals surface area (Å²) in [5.74, 6) is -1.33. The summed E-state index contributed by atoms with van der Waals surface area (Å²) in [6, 6.07) is 7.47. The molecule has 0 fully saturated rings. The van der Waals surface area contributed by atoms with E-state index in [2.05, 4.69) is 0 Å². The number of hydrogen-bond acceptors (Lipinski definition) is 7. The molecular formula is C26H33NO6. The minimum absolute atomic E-state index is 0.131. The normalized spacial score (nSPS) is 14.4. The Morgan fingerprint density at radius 1 is 0.909 bits per heavy atom. The Morgan fingerprint density at radius 2 is 1.45 bits per heavy atom. The van der Waals surface area contributed by atoms with Crippen molar-refractivity contribution in [3.8, 4) is 0 Å². The van der Waals surface area contributed by atoms with Crippen LogP contribution < -0.4 is 4.90 Å². The Hall–Kier alpha value is -3.35. The molecule has 0 saturated heterocycles. The molecule has 0 bridgehead atoms. The molecule has 1 aromatic rings. The molecule has 1 heterocycles. The maximum atomic E-state index is 12.7. The number of para-hydroxylation sites is 1. The number of rotatable bonds is 9. The van der Waals surface area contributed by atoms with Crippen LogP contribution in [0.15, 0.2) is 52.4 Å². The smallest absolute Gasteiger partial charge is 0.336 e. The molecule has 7 heteroatoms. The van der Waals surface area contributed by atoms with E-state index in [1.165, 1.54) is 0 Å². The molecule has 0 N–H and O–H groups in total. The van der Waals surface area contributed by atoms with Crippen molar-refractivity contribution in [1.82, 2.24) is 0 Å². The van der Waals surface area contributed by atoms with E-state index in [9.17, 15) is 14.4 Å². The predicted molar refractivity (Wildman–Crippen MR) is 127 cm³/mol. The molecule has 0 aliphatic carbocycles. The van der Waals surface area contributed by atoms with Crippen molar-refractivity contribution in [2.75, 3.05) is 24.7 Å². The van der Waals surface area contributed by atoms with Crippen molar-refractivity contribution in [3.05, 3.63) is 57.9 Å². The highest BCUT2D eigenvalue weighted by molar-refractivity contribution is 5.99. The third-order valence-electron chi connectivity index (χ3n) is 5.25. The number of hydrogen-bond donors (Lipinski definition) is 0. The van der Waals surface area contributed by atoms with Crippen LogP contribution in [0, 0.1) is 0 Å². The Balaban J connectivity index is 2.63. The summed E-state index contributed by atoms with van der Waals surface area (Å²) in [4.78, 5) is 39.6. The van der Waals surface area contributed by atoms with Gasteiger partial charge in [0.1, 0.15) is 0 Å². The van der Waals surface area contributed by atoms with Gasteiger partial charge in [-0.1, -0.05) is 25.1 Å². The van der Waals surface area contributed by atoms with Crippen molar-refractivity contribution < 1.29 is 28.6 Å². The van der Waals surface area contributed by atoms with Gasteiger partial charge in [0.25, 0.3) is 0 Å². The molecule has 2 rings (SSSR count). The first kappa shape index (κ1) is 25.9. The van der Waals surface area contributed by atoms with Crippen molar-refractivity contribution >= 4 is 29.7 Å². The van der Waals surface area contributed by atoms with Crippen molar-refractivity contribution in [3.63, 3.8) is 0 Å². The SMILES string of the molecule is CCCOC(=O)C(C)=Cc1ccccc1N1C(C)=C(C(=O)OCC)CC(C(=O)OCC)=C1C. The summed E-state index contributed by atoms with van der Waals surface area (Å²) in [6.45, 7) is 11.6. The number of anilines is 1. The van der Waals surface area contributed by atoms with E-state index < -0.39 is 11.9 Å². The largest absolute Gasteiger partial charge is 0.463 e. The van der Waals surface area contributed by atoms with E-state index >= 15 is 0 Å². The van der Waals surface area contributed by atoms with Crippen LogP contribution >= 0.6 is 0 Å². The lowest BCUT2D eigenvalue weighted by Gasteiger charge is -2.34. The van der Waals surface area contributed by atoms with Gasteiger partial charge >= 0.3 is 17.9 Å². The molecule has 0 saturated carbocycles. The van der Waals surface area contributed by atoms with E-state index in [-0.39, 0.29) is 25.6 Å².